The Labute approximate surface area is 227 Å². The number of fused-ring (bicyclic) bond motifs is 1. The van der Waals surface area contributed by atoms with Gasteiger partial charge in [0.25, 0.3) is 0 Å². The lowest BCUT2D eigenvalue weighted by molar-refractivity contribution is 0.303. The smallest absolute Gasteiger partial charge is 0.226 e. The Morgan fingerprint density at radius 1 is 1.26 bits per heavy atom. The number of nitrogens with one attached hydrogen (secondary N) is 1. The number of rotatable bonds is 6. The molecule has 1 unspecified atom stereocenters. The molecule has 1 atom stereocenters. The van der Waals surface area contributed by atoms with E-state index in [1.165, 1.54) is 18.2 Å². The fraction of sp³-hybridized carbons (Fsp3) is 0.429. The van der Waals surface area contributed by atoms with Gasteiger partial charge in [0.2, 0.25) is 5.96 Å². The van der Waals surface area contributed by atoms with Crippen LogP contribution in [-0.4, -0.2) is 54.7 Å². The molecule has 0 spiro atoms. The number of likely N-dealkylation sites (tertiary alicyclic amines) is 1. The predicted molar refractivity (Wildman–Crippen MR) is 155 cm³/mol. The molecular formula is C28H38FN7OS. The van der Waals surface area contributed by atoms with E-state index in [0.717, 1.165) is 37.4 Å². The van der Waals surface area contributed by atoms with Crippen molar-refractivity contribution in [2.24, 2.45) is 9.98 Å². The van der Waals surface area contributed by atoms with Crippen molar-refractivity contribution < 1.29 is 8.60 Å². The number of allylic oxidation sites excluding steroid dienone is 5. The zero-order chi connectivity index (χ0) is 27.5. The largest absolute Gasteiger partial charge is 0.341 e. The molecule has 8 nitrogen and oxygen atoms in total. The summed E-state index contributed by atoms with van der Waals surface area (Å²) < 4.78 is 29.0. The highest BCUT2D eigenvalue weighted by Gasteiger charge is 2.26. The monoisotopic (exact) mass is 539 g/mol. The Morgan fingerprint density at radius 3 is 2.74 bits per heavy atom. The van der Waals surface area contributed by atoms with Crippen molar-refractivity contribution in [3.8, 4) is 0 Å². The standard InChI is InChI=1S/C26H32FN7OS.C2H6/c1-4-9-21(27)18-22(5-2)29-24-19(3)36(35)17-8-13-28-26(30-24)33-15-11-20(12-16-33)25-32-31-23-10-6-7-14-34(23)25;1-2/h5-7,9-10,13-14,18,20,29H,2,4,8,11-12,15-17H2,1,3H3;1-2H3/b21-9+,22-18+,24-19+,28-13+,30-26+;. The van der Waals surface area contributed by atoms with Gasteiger partial charge in [0.1, 0.15) is 17.5 Å². The summed E-state index contributed by atoms with van der Waals surface area (Å²) >= 11 is 0. The second kappa shape index (κ2) is 14.5. The van der Waals surface area contributed by atoms with E-state index in [2.05, 4.69) is 36.4 Å². The lowest BCUT2D eigenvalue weighted by Crippen LogP contribution is -2.38. The summed E-state index contributed by atoms with van der Waals surface area (Å²) in [5.74, 6) is 2.29. The Hall–Kier alpha value is -3.40. The highest BCUT2D eigenvalue weighted by atomic mass is 32.2. The van der Waals surface area contributed by atoms with Crippen LogP contribution in [0, 0.1) is 0 Å². The summed E-state index contributed by atoms with van der Waals surface area (Å²) in [7, 11) is -1.24. The van der Waals surface area contributed by atoms with Crippen LogP contribution in [0.5, 0.6) is 0 Å². The van der Waals surface area contributed by atoms with Gasteiger partial charge >= 0.3 is 0 Å². The molecular weight excluding hydrogens is 501 g/mol. The second-order valence-electron chi connectivity index (χ2n) is 8.64. The van der Waals surface area contributed by atoms with Crippen LogP contribution >= 0.6 is 0 Å². The minimum absolute atomic E-state index is 0.283. The lowest BCUT2D eigenvalue weighted by Gasteiger charge is -2.32. The van der Waals surface area contributed by atoms with E-state index in [1.54, 1.807) is 13.1 Å². The number of hydrogen-bond donors (Lipinski definition) is 1. The molecule has 1 fully saturated rings. The van der Waals surface area contributed by atoms with Gasteiger partial charge in [0, 0.05) is 42.9 Å². The fourth-order valence-corrected chi connectivity index (χ4v) is 5.14. The minimum Gasteiger partial charge on any atom is -0.341 e. The van der Waals surface area contributed by atoms with Gasteiger partial charge in [-0.05, 0) is 63.0 Å². The normalized spacial score (nSPS) is 23.9. The first-order valence-corrected chi connectivity index (χ1v) is 14.5. The van der Waals surface area contributed by atoms with Crippen molar-refractivity contribution >= 4 is 28.6 Å². The number of piperidine rings is 1. The first-order valence-electron chi connectivity index (χ1n) is 13.2. The number of pyridine rings is 1. The van der Waals surface area contributed by atoms with E-state index >= 15 is 0 Å². The SMILES string of the molecule is C=C/C(=C\C(F)=C/CC)NC1=C(/C)S(=O)CC/C=N/C(N2CCC(c3nnc4ccccn34)CC2)=N\1.CC. The molecule has 2 aromatic rings. The molecule has 0 saturated carbocycles. The van der Waals surface area contributed by atoms with Crippen LogP contribution in [0.25, 0.3) is 5.65 Å². The predicted octanol–water partition coefficient (Wildman–Crippen LogP) is 5.63. The van der Waals surface area contributed by atoms with Crippen LogP contribution in [0.1, 0.15) is 65.1 Å². The van der Waals surface area contributed by atoms with Crippen LogP contribution in [0.2, 0.25) is 0 Å². The third-order valence-corrected chi connectivity index (χ3v) is 7.67. The van der Waals surface area contributed by atoms with Gasteiger partial charge in [-0.2, -0.15) is 4.99 Å². The van der Waals surface area contributed by atoms with E-state index in [4.69, 9.17) is 4.99 Å². The fourth-order valence-electron chi connectivity index (χ4n) is 4.20. The third-order valence-electron chi connectivity index (χ3n) is 6.18. The van der Waals surface area contributed by atoms with Crippen molar-refractivity contribution in [3.63, 3.8) is 0 Å². The topological polar surface area (TPSA) is 87.2 Å². The second-order valence-corrected chi connectivity index (χ2v) is 10.4. The number of aromatic nitrogens is 3. The van der Waals surface area contributed by atoms with Crippen LogP contribution in [0.4, 0.5) is 4.39 Å². The average Bonchev–Trinajstić information content (AvgIpc) is 3.40. The third kappa shape index (κ3) is 7.34. The summed E-state index contributed by atoms with van der Waals surface area (Å²) in [6.45, 7) is 12.9. The molecule has 0 amide bonds. The molecule has 4 heterocycles. The molecule has 0 aliphatic carbocycles. The summed E-state index contributed by atoms with van der Waals surface area (Å²) in [5, 5.41) is 11.9. The Bertz CT molecular complexity index is 1280. The van der Waals surface area contributed by atoms with Crippen LogP contribution < -0.4 is 5.32 Å². The molecule has 38 heavy (non-hydrogen) atoms. The highest BCUT2D eigenvalue weighted by molar-refractivity contribution is 7.89. The lowest BCUT2D eigenvalue weighted by atomic mass is 9.96. The molecule has 0 bridgehead atoms. The quantitative estimate of drug-likeness (QED) is 0.481. The minimum atomic E-state index is -1.24. The summed E-state index contributed by atoms with van der Waals surface area (Å²) in [6.07, 6.45) is 11.1. The van der Waals surface area contributed by atoms with Crippen LogP contribution in [0.3, 0.4) is 0 Å². The molecule has 2 aliphatic heterocycles. The van der Waals surface area contributed by atoms with Gasteiger partial charge in [-0.25, -0.2) is 9.38 Å². The molecule has 204 valence electrons. The molecule has 2 aromatic heterocycles. The van der Waals surface area contributed by atoms with Gasteiger partial charge in [-0.3, -0.25) is 8.61 Å². The molecule has 1 saturated heterocycles. The van der Waals surface area contributed by atoms with E-state index < -0.39 is 10.8 Å². The van der Waals surface area contributed by atoms with Crippen molar-refractivity contribution in [2.45, 2.75) is 59.3 Å². The number of nitrogens with zero attached hydrogens (tertiary/aromatic N) is 6. The first-order chi connectivity index (χ1) is 18.5. The van der Waals surface area contributed by atoms with Gasteiger partial charge in [-0.1, -0.05) is 33.4 Å². The van der Waals surface area contributed by atoms with Gasteiger partial charge in [0.15, 0.2) is 5.65 Å². The molecule has 0 aromatic carbocycles. The van der Waals surface area contributed by atoms with Crippen molar-refractivity contribution in [3.05, 3.63) is 77.3 Å². The molecule has 4 rings (SSSR count). The van der Waals surface area contributed by atoms with Gasteiger partial charge in [-0.15, -0.1) is 10.2 Å². The summed E-state index contributed by atoms with van der Waals surface area (Å²) in [4.78, 5) is 12.1. The number of hydrogen-bond acceptors (Lipinski definition) is 7. The maximum Gasteiger partial charge on any atom is 0.226 e. The maximum atomic E-state index is 14.1. The number of halogens is 1. The Morgan fingerprint density at radius 2 is 2.03 bits per heavy atom. The maximum absolute atomic E-state index is 14.1. The van der Waals surface area contributed by atoms with Gasteiger partial charge < -0.3 is 10.2 Å². The first kappa shape index (κ1) is 29.2. The van der Waals surface area contributed by atoms with E-state index in [-0.39, 0.29) is 11.7 Å². The Balaban J connectivity index is 0.00000195. The Kier molecular flexibility index (Phi) is 11.1. The average molecular weight is 540 g/mol. The zero-order valence-corrected chi connectivity index (χ0v) is 23.5. The molecule has 2 aliphatic rings. The molecule has 1 N–H and O–H groups in total. The van der Waals surface area contributed by atoms with Crippen LogP contribution in [-0.2, 0) is 10.8 Å². The van der Waals surface area contributed by atoms with Crippen molar-refractivity contribution in [2.75, 3.05) is 18.8 Å². The highest BCUT2D eigenvalue weighted by Crippen LogP contribution is 2.28. The summed E-state index contributed by atoms with van der Waals surface area (Å²) in [5.41, 5.74) is 1.29. The summed E-state index contributed by atoms with van der Waals surface area (Å²) in [6, 6.07) is 5.90. The number of guanidine groups is 1. The molecule has 0 radical (unpaired) electrons. The number of aliphatic imine (C=N–C) groups is 2. The van der Waals surface area contributed by atoms with E-state index in [0.29, 0.717) is 41.0 Å². The van der Waals surface area contributed by atoms with Gasteiger partial charge in [0.05, 0.1) is 15.7 Å². The zero-order valence-electron chi connectivity index (χ0n) is 22.7. The van der Waals surface area contributed by atoms with Crippen LogP contribution in [0.15, 0.2) is 81.4 Å². The van der Waals surface area contributed by atoms with E-state index in [1.807, 2.05) is 45.2 Å². The van der Waals surface area contributed by atoms with Crippen molar-refractivity contribution in [1.29, 1.82) is 0 Å². The van der Waals surface area contributed by atoms with Crippen molar-refractivity contribution in [1.82, 2.24) is 24.8 Å². The molecule has 10 heteroatoms. The van der Waals surface area contributed by atoms with E-state index in [9.17, 15) is 8.60 Å².